The number of hydroxylamine groups is 2. The van der Waals surface area contributed by atoms with E-state index < -0.39 is 17.0 Å². The number of esters is 2. The summed E-state index contributed by atoms with van der Waals surface area (Å²) in [6, 6.07) is 0. The number of hydrogen-bond acceptors (Lipinski definition) is 8. The van der Waals surface area contributed by atoms with Crippen molar-refractivity contribution in [2.45, 2.75) is 128 Å². The van der Waals surface area contributed by atoms with Gasteiger partial charge in [0.1, 0.15) is 12.2 Å². The lowest BCUT2D eigenvalue weighted by molar-refractivity contribution is -0.259. The van der Waals surface area contributed by atoms with Crippen LogP contribution in [0.2, 0.25) is 0 Å². The van der Waals surface area contributed by atoms with Crippen molar-refractivity contribution in [3.05, 3.63) is 0 Å². The standard InChI is InChI=1S/C22H40N2O5S/c1-19(2)11-15(12-20(3,4)23(19)27)28-17(25)9-10-18(26)29-16-13-21(5,6)24(30)22(7,8)14-16/h15-16,27,30H,9-14H2,1-8H3. The first-order valence-electron chi connectivity index (χ1n) is 10.8. The van der Waals surface area contributed by atoms with Gasteiger partial charge in [0.15, 0.2) is 0 Å². The van der Waals surface area contributed by atoms with Gasteiger partial charge in [-0.05, 0) is 55.4 Å². The summed E-state index contributed by atoms with van der Waals surface area (Å²) in [6.45, 7) is 16.0. The highest BCUT2D eigenvalue weighted by Crippen LogP contribution is 2.41. The molecule has 0 aromatic carbocycles. The van der Waals surface area contributed by atoms with E-state index in [1.54, 1.807) is 0 Å². The number of carbonyl (C=O) groups is 2. The van der Waals surface area contributed by atoms with Gasteiger partial charge >= 0.3 is 11.9 Å². The molecule has 0 spiro atoms. The Balaban J connectivity index is 1.83. The molecule has 2 rings (SSSR count). The molecule has 2 heterocycles. The van der Waals surface area contributed by atoms with Gasteiger partial charge in [-0.2, -0.15) is 5.06 Å². The SMILES string of the molecule is CC1(C)CC(OC(=O)CCC(=O)OC2CC(C)(C)N(S)C(C)(C)C2)CC(C)(C)N1O. The largest absolute Gasteiger partial charge is 0.462 e. The molecule has 0 atom stereocenters. The van der Waals surface area contributed by atoms with Crippen LogP contribution < -0.4 is 0 Å². The predicted octanol–water partition coefficient (Wildman–Crippen LogP) is 4.13. The summed E-state index contributed by atoms with van der Waals surface area (Å²) in [7, 11) is 0. The van der Waals surface area contributed by atoms with Crippen molar-refractivity contribution < 1.29 is 24.3 Å². The molecule has 2 aliphatic heterocycles. The van der Waals surface area contributed by atoms with Gasteiger partial charge in [0, 0.05) is 47.8 Å². The number of rotatable bonds is 5. The van der Waals surface area contributed by atoms with Crippen LogP contribution in [0, 0.1) is 0 Å². The van der Waals surface area contributed by atoms with Gasteiger partial charge in [0.25, 0.3) is 0 Å². The molecule has 1 N–H and O–H groups in total. The lowest BCUT2D eigenvalue weighted by Crippen LogP contribution is -2.60. The Morgan fingerprint density at radius 1 is 0.767 bits per heavy atom. The molecular weight excluding hydrogens is 404 g/mol. The number of piperidine rings is 2. The fourth-order valence-corrected chi connectivity index (χ4v) is 5.38. The van der Waals surface area contributed by atoms with Gasteiger partial charge in [-0.15, -0.1) is 0 Å². The topological polar surface area (TPSA) is 79.3 Å². The maximum atomic E-state index is 12.4. The first kappa shape index (κ1) is 25.4. The van der Waals surface area contributed by atoms with Crippen LogP contribution in [-0.2, 0) is 19.1 Å². The molecular formula is C22H40N2O5S. The Labute approximate surface area is 186 Å². The van der Waals surface area contributed by atoms with Crippen LogP contribution in [0.4, 0.5) is 0 Å². The molecule has 0 saturated carbocycles. The lowest BCUT2D eigenvalue weighted by atomic mass is 9.80. The second kappa shape index (κ2) is 8.60. The van der Waals surface area contributed by atoms with E-state index in [1.807, 2.05) is 32.0 Å². The third-order valence-corrected chi connectivity index (χ3v) is 7.41. The van der Waals surface area contributed by atoms with Crippen molar-refractivity contribution in [1.82, 2.24) is 9.37 Å². The van der Waals surface area contributed by atoms with Crippen LogP contribution in [-0.4, -0.2) is 60.9 Å². The predicted molar refractivity (Wildman–Crippen MR) is 118 cm³/mol. The minimum atomic E-state index is -0.493. The van der Waals surface area contributed by atoms with E-state index in [0.29, 0.717) is 25.7 Å². The van der Waals surface area contributed by atoms with E-state index in [1.165, 1.54) is 5.06 Å². The zero-order chi connectivity index (χ0) is 23.1. The summed E-state index contributed by atoms with van der Waals surface area (Å²) >= 11 is 4.63. The van der Waals surface area contributed by atoms with Gasteiger partial charge in [0.05, 0.1) is 12.8 Å². The summed E-state index contributed by atoms with van der Waals surface area (Å²) in [5.74, 6) is -0.775. The van der Waals surface area contributed by atoms with Crippen LogP contribution in [0.5, 0.6) is 0 Å². The third kappa shape index (κ3) is 5.90. The molecule has 2 aliphatic rings. The molecule has 0 radical (unpaired) electrons. The summed E-state index contributed by atoms with van der Waals surface area (Å²) in [5.41, 5.74) is -1.38. The van der Waals surface area contributed by atoms with Gasteiger partial charge in [-0.3, -0.25) is 9.59 Å². The van der Waals surface area contributed by atoms with Crippen molar-refractivity contribution in [2.75, 3.05) is 0 Å². The van der Waals surface area contributed by atoms with E-state index >= 15 is 0 Å². The maximum Gasteiger partial charge on any atom is 0.306 e. The van der Waals surface area contributed by atoms with E-state index in [9.17, 15) is 14.8 Å². The number of hydrogen-bond donors (Lipinski definition) is 2. The molecule has 0 aromatic heterocycles. The van der Waals surface area contributed by atoms with E-state index in [-0.39, 0.29) is 42.1 Å². The Morgan fingerprint density at radius 3 is 1.40 bits per heavy atom. The van der Waals surface area contributed by atoms with Crippen molar-refractivity contribution in [3.63, 3.8) is 0 Å². The quantitative estimate of drug-likeness (QED) is 0.487. The summed E-state index contributed by atoms with van der Waals surface area (Å²) in [4.78, 5) is 24.7. The van der Waals surface area contributed by atoms with E-state index in [0.717, 1.165) is 0 Å². The Kier molecular flexibility index (Phi) is 7.29. The average Bonchev–Trinajstić information content (AvgIpc) is 2.54. The third-order valence-electron chi connectivity index (χ3n) is 6.33. The Morgan fingerprint density at radius 2 is 1.07 bits per heavy atom. The van der Waals surface area contributed by atoms with Crippen LogP contribution in [0.1, 0.15) is 93.9 Å². The minimum Gasteiger partial charge on any atom is -0.462 e. The lowest BCUT2D eigenvalue weighted by Gasteiger charge is -2.51. The monoisotopic (exact) mass is 444 g/mol. The molecule has 2 saturated heterocycles. The normalized spacial score (nSPS) is 26.9. The molecule has 0 aliphatic carbocycles. The molecule has 0 bridgehead atoms. The van der Waals surface area contributed by atoms with Crippen LogP contribution in [0.25, 0.3) is 0 Å². The van der Waals surface area contributed by atoms with Crippen molar-refractivity contribution >= 4 is 24.8 Å². The molecule has 2 fully saturated rings. The van der Waals surface area contributed by atoms with Crippen LogP contribution in [0.15, 0.2) is 0 Å². The van der Waals surface area contributed by atoms with Crippen molar-refractivity contribution in [3.8, 4) is 0 Å². The molecule has 30 heavy (non-hydrogen) atoms. The van der Waals surface area contributed by atoms with Crippen LogP contribution in [0.3, 0.4) is 0 Å². The smallest absolute Gasteiger partial charge is 0.306 e. The van der Waals surface area contributed by atoms with Crippen LogP contribution >= 0.6 is 12.8 Å². The molecule has 7 nitrogen and oxygen atoms in total. The number of nitrogens with zero attached hydrogens (tertiary/aromatic N) is 2. The molecule has 0 unspecified atom stereocenters. The fraction of sp³-hybridized carbons (Fsp3) is 0.909. The highest BCUT2D eigenvalue weighted by Gasteiger charge is 2.47. The van der Waals surface area contributed by atoms with Gasteiger partial charge in [0.2, 0.25) is 0 Å². The molecule has 174 valence electrons. The van der Waals surface area contributed by atoms with Crippen molar-refractivity contribution in [1.29, 1.82) is 0 Å². The molecule has 8 heteroatoms. The minimum absolute atomic E-state index is 0.00275. The fourth-order valence-electron chi connectivity index (χ4n) is 5.22. The summed E-state index contributed by atoms with van der Waals surface area (Å²) in [6.07, 6.45) is 1.98. The second-order valence-corrected chi connectivity index (χ2v) is 11.8. The van der Waals surface area contributed by atoms with Crippen molar-refractivity contribution in [2.24, 2.45) is 0 Å². The zero-order valence-electron chi connectivity index (χ0n) is 19.8. The second-order valence-electron chi connectivity index (χ2n) is 11.4. The van der Waals surface area contributed by atoms with Gasteiger partial charge in [-0.25, -0.2) is 4.31 Å². The summed E-state index contributed by atoms with van der Waals surface area (Å²) < 4.78 is 13.3. The zero-order valence-corrected chi connectivity index (χ0v) is 20.7. The van der Waals surface area contributed by atoms with Gasteiger partial charge in [-0.1, -0.05) is 12.8 Å². The maximum absolute atomic E-state index is 12.4. The van der Waals surface area contributed by atoms with E-state index in [2.05, 4.69) is 40.5 Å². The highest BCUT2D eigenvalue weighted by molar-refractivity contribution is 7.77. The summed E-state index contributed by atoms with van der Waals surface area (Å²) in [5, 5.41) is 11.7. The number of carbonyl (C=O) groups excluding carboxylic acids is 2. The Bertz CT molecular complexity index is 570. The number of thiol groups is 1. The first-order valence-corrected chi connectivity index (χ1v) is 11.2. The highest BCUT2D eigenvalue weighted by atomic mass is 32.1. The molecule has 0 aromatic rings. The molecule has 0 amide bonds. The number of ether oxygens (including phenoxy) is 2. The average molecular weight is 445 g/mol. The Hall–Kier alpha value is -0.830. The first-order chi connectivity index (χ1) is 13.5. The van der Waals surface area contributed by atoms with Gasteiger partial charge < -0.3 is 14.7 Å². The van der Waals surface area contributed by atoms with E-state index in [4.69, 9.17) is 9.47 Å².